The number of nitrogens with zero attached hydrogens (tertiary/aromatic N) is 1. The van der Waals surface area contributed by atoms with Gasteiger partial charge in [-0.3, -0.25) is 10.2 Å². The minimum atomic E-state index is -0.716. The molecule has 0 spiro atoms. The molecule has 0 radical (unpaired) electrons. The summed E-state index contributed by atoms with van der Waals surface area (Å²) in [4.78, 5) is 23.8. The van der Waals surface area contributed by atoms with Crippen molar-refractivity contribution in [3.63, 3.8) is 0 Å². The molecular weight excluding hydrogens is 402 g/mol. The van der Waals surface area contributed by atoms with E-state index in [0.29, 0.717) is 23.8 Å². The van der Waals surface area contributed by atoms with Gasteiger partial charge in [0.15, 0.2) is 30.4 Å². The Morgan fingerprint density at radius 3 is 2.16 bits per heavy atom. The summed E-state index contributed by atoms with van der Waals surface area (Å²) in [6.07, 6.45) is 3.12. The zero-order valence-electron chi connectivity index (χ0n) is 18.8. The number of amides is 2. The first-order valence-corrected chi connectivity index (χ1v) is 9.70. The van der Waals surface area contributed by atoms with E-state index >= 15 is 0 Å². The summed E-state index contributed by atoms with van der Waals surface area (Å²) in [5.41, 5.74) is 5.66. The number of ether oxygens (including phenoxy) is 4. The molecule has 2 amide bonds. The molecule has 31 heavy (non-hydrogen) atoms. The van der Waals surface area contributed by atoms with Crippen LogP contribution in [0.25, 0.3) is 0 Å². The molecule has 0 aliphatic carbocycles. The third-order valence-electron chi connectivity index (χ3n) is 4.08. The average molecular weight is 432 g/mol. The maximum absolute atomic E-state index is 12.2. The largest absolute Gasteiger partial charge is 0.493 e. The van der Waals surface area contributed by atoms with Crippen LogP contribution < -0.4 is 29.6 Å². The van der Waals surface area contributed by atoms with Crippen molar-refractivity contribution < 1.29 is 33.1 Å². The number of aromatic nitrogens is 1. The van der Waals surface area contributed by atoms with Crippen LogP contribution in [0.5, 0.6) is 17.2 Å². The smallest absolute Gasteiger partial charge is 0.426 e. The van der Waals surface area contributed by atoms with Gasteiger partial charge in [0.2, 0.25) is 11.7 Å². The minimum absolute atomic E-state index is 0.0892. The average Bonchev–Trinajstić information content (AvgIpc) is 2.70. The number of carbonyl (C=O) groups excluding carboxylic acids is 2. The number of benzene rings is 1. The van der Waals surface area contributed by atoms with E-state index in [1.54, 1.807) is 42.1 Å². The second-order valence-electron chi connectivity index (χ2n) is 7.77. The fourth-order valence-electron chi connectivity index (χ4n) is 2.87. The molecule has 9 heteroatoms. The number of carbonyl (C=O) groups is 2. The molecule has 1 aromatic heterocycles. The lowest BCUT2D eigenvalue weighted by Gasteiger charge is -2.19. The molecule has 0 aliphatic rings. The van der Waals surface area contributed by atoms with Crippen LogP contribution in [0, 0.1) is 0 Å². The molecule has 2 N–H and O–H groups in total. The number of hydrazine groups is 1. The molecule has 0 unspecified atom stereocenters. The Kier molecular flexibility index (Phi) is 8.07. The van der Waals surface area contributed by atoms with E-state index in [-0.39, 0.29) is 12.3 Å². The van der Waals surface area contributed by atoms with Gasteiger partial charge in [0.25, 0.3) is 0 Å². The van der Waals surface area contributed by atoms with E-state index in [1.165, 1.54) is 0 Å². The van der Waals surface area contributed by atoms with Gasteiger partial charge in [-0.15, -0.1) is 0 Å². The van der Waals surface area contributed by atoms with Gasteiger partial charge >= 0.3 is 6.09 Å². The predicted octanol–water partition coefficient (Wildman–Crippen LogP) is 2.15. The zero-order valence-corrected chi connectivity index (χ0v) is 18.8. The lowest BCUT2D eigenvalue weighted by atomic mass is 10.1. The predicted molar refractivity (Wildman–Crippen MR) is 113 cm³/mol. The van der Waals surface area contributed by atoms with E-state index in [1.807, 2.05) is 41.2 Å². The molecule has 0 aliphatic heterocycles. The van der Waals surface area contributed by atoms with Crippen LogP contribution in [0.4, 0.5) is 4.79 Å². The Balaban J connectivity index is 2.04. The lowest BCUT2D eigenvalue weighted by Crippen LogP contribution is -2.45. The van der Waals surface area contributed by atoms with Gasteiger partial charge < -0.3 is 18.9 Å². The monoisotopic (exact) mass is 432 g/mol. The summed E-state index contributed by atoms with van der Waals surface area (Å²) in [7, 11) is 4.69. The zero-order chi connectivity index (χ0) is 23.0. The number of hydrogen-bond acceptors (Lipinski definition) is 6. The third-order valence-corrected chi connectivity index (χ3v) is 4.08. The highest BCUT2D eigenvalue weighted by Crippen LogP contribution is 2.38. The summed E-state index contributed by atoms with van der Waals surface area (Å²) in [6, 6.07) is 7.43. The van der Waals surface area contributed by atoms with Crippen LogP contribution in [0.15, 0.2) is 36.7 Å². The van der Waals surface area contributed by atoms with Gasteiger partial charge in [0.05, 0.1) is 27.8 Å². The Hall–Kier alpha value is -3.49. The maximum atomic E-state index is 12.2. The highest BCUT2D eigenvalue weighted by Gasteiger charge is 2.18. The number of hydrogen-bond donors (Lipinski definition) is 2. The first kappa shape index (κ1) is 23.8. The van der Waals surface area contributed by atoms with Crippen molar-refractivity contribution in [3.05, 3.63) is 47.8 Å². The van der Waals surface area contributed by atoms with E-state index < -0.39 is 11.7 Å². The standard InChI is InChI=1S/C22H29N3O6/c1-22(2,3)31-21(27)24-23-19(26)12-15-8-7-9-25(13-15)14-16-10-17(28-4)20(30-6)18(11-16)29-5/h7-11,13H,12,14H2,1-6H3,(H-,23,24,26,27)/p+1. The van der Waals surface area contributed by atoms with E-state index in [9.17, 15) is 9.59 Å². The van der Waals surface area contributed by atoms with Crippen LogP contribution in [0.1, 0.15) is 31.9 Å². The quantitative estimate of drug-likeness (QED) is 0.514. The Bertz CT molecular complexity index is 899. The van der Waals surface area contributed by atoms with Crippen molar-refractivity contribution in [1.29, 1.82) is 0 Å². The minimum Gasteiger partial charge on any atom is -0.493 e. The summed E-state index contributed by atoms with van der Waals surface area (Å²) in [5.74, 6) is 1.31. The third kappa shape index (κ3) is 7.36. The fraction of sp³-hybridized carbons (Fsp3) is 0.409. The summed E-state index contributed by atoms with van der Waals surface area (Å²) in [5, 5.41) is 0. The molecular formula is C22H30N3O6+. The molecule has 0 fully saturated rings. The number of rotatable bonds is 7. The summed E-state index contributed by atoms with van der Waals surface area (Å²) < 4.78 is 23.2. The van der Waals surface area contributed by atoms with Gasteiger partial charge in [-0.2, -0.15) is 0 Å². The van der Waals surface area contributed by atoms with Crippen molar-refractivity contribution in [2.45, 2.75) is 39.3 Å². The summed E-state index contributed by atoms with van der Waals surface area (Å²) >= 11 is 0. The SMILES string of the molecule is COc1cc(C[n+]2cccc(CC(=O)NNC(=O)OC(C)(C)C)c2)cc(OC)c1OC. The van der Waals surface area contributed by atoms with Crippen LogP contribution in [-0.2, 0) is 22.5 Å². The molecule has 1 aromatic carbocycles. The van der Waals surface area contributed by atoms with Crippen molar-refractivity contribution in [2.75, 3.05) is 21.3 Å². The molecule has 1 heterocycles. The van der Waals surface area contributed by atoms with Crippen molar-refractivity contribution in [1.82, 2.24) is 10.9 Å². The van der Waals surface area contributed by atoms with Crippen LogP contribution in [0.3, 0.4) is 0 Å². The van der Waals surface area contributed by atoms with Crippen LogP contribution in [-0.4, -0.2) is 38.9 Å². The molecule has 2 rings (SSSR count). The van der Waals surface area contributed by atoms with Gasteiger partial charge in [-0.25, -0.2) is 14.8 Å². The van der Waals surface area contributed by atoms with Gasteiger partial charge in [0.1, 0.15) is 5.60 Å². The second-order valence-corrected chi connectivity index (χ2v) is 7.77. The summed E-state index contributed by atoms with van der Waals surface area (Å²) in [6.45, 7) is 5.75. The van der Waals surface area contributed by atoms with Gasteiger partial charge in [-0.1, -0.05) is 0 Å². The van der Waals surface area contributed by atoms with E-state index in [4.69, 9.17) is 18.9 Å². The highest BCUT2D eigenvalue weighted by molar-refractivity contribution is 5.80. The molecule has 2 aromatic rings. The van der Waals surface area contributed by atoms with Gasteiger partial charge in [-0.05, 0) is 39.0 Å². The molecule has 0 saturated carbocycles. The molecule has 168 valence electrons. The van der Waals surface area contributed by atoms with Crippen molar-refractivity contribution >= 4 is 12.0 Å². The first-order chi connectivity index (χ1) is 14.6. The number of methoxy groups -OCH3 is 3. The lowest BCUT2D eigenvalue weighted by molar-refractivity contribution is -0.688. The fourth-order valence-corrected chi connectivity index (χ4v) is 2.87. The van der Waals surface area contributed by atoms with E-state index in [0.717, 1.165) is 11.1 Å². The molecule has 0 bridgehead atoms. The molecule has 0 saturated heterocycles. The van der Waals surface area contributed by atoms with E-state index in [2.05, 4.69) is 10.9 Å². The topological polar surface area (TPSA) is 99.0 Å². The number of pyridine rings is 1. The maximum Gasteiger partial charge on any atom is 0.426 e. The first-order valence-electron chi connectivity index (χ1n) is 9.70. The van der Waals surface area contributed by atoms with Crippen molar-refractivity contribution in [2.24, 2.45) is 0 Å². The second kappa shape index (κ2) is 10.5. The molecule has 0 atom stereocenters. The Morgan fingerprint density at radius 2 is 1.61 bits per heavy atom. The normalized spacial score (nSPS) is 10.8. The van der Waals surface area contributed by atoms with Crippen LogP contribution in [0.2, 0.25) is 0 Å². The number of nitrogens with one attached hydrogen (secondary N) is 2. The van der Waals surface area contributed by atoms with Crippen molar-refractivity contribution in [3.8, 4) is 17.2 Å². The van der Waals surface area contributed by atoms with Crippen LogP contribution >= 0.6 is 0 Å². The molecule has 9 nitrogen and oxygen atoms in total. The highest BCUT2D eigenvalue weighted by atomic mass is 16.6. The Morgan fingerprint density at radius 1 is 0.968 bits per heavy atom. The Labute approximate surface area is 182 Å². The van der Waals surface area contributed by atoms with Gasteiger partial charge in [0, 0.05) is 17.2 Å².